The number of thiazole rings is 1. The number of hydrogen-bond acceptors (Lipinski definition) is 9. The molecule has 9 nitrogen and oxygen atoms in total. The predicted molar refractivity (Wildman–Crippen MR) is 147 cm³/mol. The van der Waals surface area contributed by atoms with Crippen molar-refractivity contribution in [2.24, 2.45) is 0 Å². The summed E-state index contributed by atoms with van der Waals surface area (Å²) in [5.74, 6) is -1.33. The first-order valence-electron chi connectivity index (χ1n) is 12.3. The van der Waals surface area contributed by atoms with Crippen LogP contribution in [0.4, 0.5) is 5.13 Å². The molecule has 1 fully saturated rings. The Labute approximate surface area is 226 Å². The maximum Gasteiger partial charge on any atom is 0.340 e. The van der Waals surface area contributed by atoms with Crippen LogP contribution in [0.15, 0.2) is 47.5 Å². The van der Waals surface area contributed by atoms with Crippen molar-refractivity contribution < 1.29 is 32.3 Å². The van der Waals surface area contributed by atoms with Crippen molar-refractivity contribution in [1.82, 2.24) is 4.98 Å². The average Bonchev–Trinajstić information content (AvgIpc) is 3.36. The van der Waals surface area contributed by atoms with E-state index in [9.17, 15) is 23.4 Å². The number of piperidine rings is 1. The first-order chi connectivity index (χ1) is 18.2. The molecule has 202 valence electrons. The summed E-state index contributed by atoms with van der Waals surface area (Å²) in [6, 6.07) is 9.16. The highest BCUT2D eigenvalue weighted by atomic mass is 32.2. The van der Waals surface area contributed by atoms with Gasteiger partial charge in [0.2, 0.25) is 0 Å². The molecule has 0 radical (unpaired) electrons. The Morgan fingerprint density at radius 2 is 1.92 bits per heavy atom. The van der Waals surface area contributed by atoms with Gasteiger partial charge in [0.15, 0.2) is 5.13 Å². The van der Waals surface area contributed by atoms with Crippen molar-refractivity contribution in [3.63, 3.8) is 0 Å². The number of phenols is 1. The molecular weight excluding hydrogens is 528 g/mol. The quantitative estimate of drug-likeness (QED) is 0.241. The molecule has 0 aliphatic carbocycles. The van der Waals surface area contributed by atoms with E-state index in [4.69, 9.17) is 8.92 Å². The van der Waals surface area contributed by atoms with Gasteiger partial charge in [-0.05, 0) is 61.6 Å². The zero-order valence-electron chi connectivity index (χ0n) is 21.0. The van der Waals surface area contributed by atoms with Gasteiger partial charge in [0.25, 0.3) is 0 Å². The molecule has 4 rings (SSSR count). The number of anilines is 1. The molecular formula is C27H30N2O7S2. The number of phenolic OH excluding ortho intramolecular Hbond substituents is 1. The molecule has 2 aromatic carbocycles. The lowest BCUT2D eigenvalue weighted by Gasteiger charge is -2.25. The molecule has 0 amide bonds. The number of aryl methyl sites for hydroxylation is 1. The van der Waals surface area contributed by atoms with E-state index in [1.54, 1.807) is 54.8 Å². The van der Waals surface area contributed by atoms with Gasteiger partial charge in [-0.3, -0.25) is 4.18 Å². The van der Waals surface area contributed by atoms with Crippen LogP contribution >= 0.6 is 11.3 Å². The number of carbonyl (C=O) groups is 1. The highest BCUT2D eigenvalue weighted by Crippen LogP contribution is 2.29. The Hall–Kier alpha value is -3.41. The van der Waals surface area contributed by atoms with E-state index in [0.717, 1.165) is 41.5 Å². The molecule has 38 heavy (non-hydrogen) atoms. The maximum atomic E-state index is 12.4. The van der Waals surface area contributed by atoms with Crippen molar-refractivity contribution >= 4 is 44.7 Å². The fourth-order valence-electron chi connectivity index (χ4n) is 4.11. The minimum atomic E-state index is -4.14. The van der Waals surface area contributed by atoms with Gasteiger partial charge in [-0.15, -0.1) is 0 Å². The monoisotopic (exact) mass is 558 g/mol. The number of carboxylic acids is 1. The number of benzene rings is 2. The lowest BCUT2D eigenvalue weighted by atomic mass is 10.1. The Balaban J connectivity index is 1.36. The van der Waals surface area contributed by atoms with Crippen LogP contribution in [0, 0.1) is 6.92 Å². The van der Waals surface area contributed by atoms with Gasteiger partial charge in [-0.25, -0.2) is 9.78 Å². The van der Waals surface area contributed by atoms with E-state index in [1.165, 1.54) is 18.6 Å². The highest BCUT2D eigenvalue weighted by Gasteiger charge is 2.20. The normalized spacial score (nSPS) is 14.2. The van der Waals surface area contributed by atoms with Gasteiger partial charge in [0.05, 0.1) is 13.2 Å². The van der Waals surface area contributed by atoms with E-state index in [0.29, 0.717) is 5.56 Å². The van der Waals surface area contributed by atoms with Crippen LogP contribution in [0.5, 0.6) is 11.5 Å². The van der Waals surface area contributed by atoms with Crippen LogP contribution in [0.2, 0.25) is 0 Å². The number of aromatic carboxylic acids is 1. The van der Waals surface area contributed by atoms with Crippen molar-refractivity contribution in [1.29, 1.82) is 0 Å². The van der Waals surface area contributed by atoms with Crippen LogP contribution in [0.1, 0.15) is 52.0 Å². The number of carboxylic acid groups (broad SMARTS) is 1. The third-order valence-corrected chi connectivity index (χ3v) is 8.39. The summed E-state index contributed by atoms with van der Waals surface area (Å²) in [6.07, 6.45) is 9.12. The Bertz CT molecular complexity index is 1410. The van der Waals surface area contributed by atoms with E-state index >= 15 is 0 Å². The fraction of sp³-hybridized carbons (Fsp3) is 0.333. The largest absolute Gasteiger partial charge is 0.506 e. The van der Waals surface area contributed by atoms with Crippen LogP contribution in [-0.2, 0) is 14.3 Å². The summed E-state index contributed by atoms with van der Waals surface area (Å²) in [6.45, 7) is 3.59. The molecule has 0 unspecified atom stereocenters. The zero-order valence-corrected chi connectivity index (χ0v) is 22.6. The summed E-state index contributed by atoms with van der Waals surface area (Å²) in [4.78, 5) is 19.4. The molecule has 11 heteroatoms. The van der Waals surface area contributed by atoms with Crippen molar-refractivity contribution in [2.75, 3.05) is 31.2 Å². The second-order valence-corrected chi connectivity index (χ2v) is 11.5. The fourth-order valence-corrected chi connectivity index (χ4v) is 5.99. The van der Waals surface area contributed by atoms with E-state index < -0.39 is 16.1 Å². The summed E-state index contributed by atoms with van der Waals surface area (Å²) < 4.78 is 35.4. The third kappa shape index (κ3) is 6.91. The zero-order chi connectivity index (χ0) is 27.1. The van der Waals surface area contributed by atoms with Crippen molar-refractivity contribution in [2.45, 2.75) is 37.5 Å². The Morgan fingerprint density at radius 3 is 2.66 bits per heavy atom. The van der Waals surface area contributed by atoms with E-state index in [-0.39, 0.29) is 41.6 Å². The van der Waals surface area contributed by atoms with Gasteiger partial charge < -0.3 is 19.8 Å². The molecule has 3 aromatic rings. The van der Waals surface area contributed by atoms with E-state index in [2.05, 4.69) is 9.88 Å². The minimum Gasteiger partial charge on any atom is -0.506 e. The number of aromatic nitrogens is 1. The lowest BCUT2D eigenvalue weighted by molar-refractivity contribution is 0.0692. The summed E-state index contributed by atoms with van der Waals surface area (Å²) in [7, 11) is -4.14. The topological polar surface area (TPSA) is 126 Å². The number of hydrogen-bond donors (Lipinski definition) is 2. The van der Waals surface area contributed by atoms with Gasteiger partial charge in [0.1, 0.15) is 22.0 Å². The SMILES string of the molecule is Cc1ccc(S(=O)(=O)OCCCOc2cccc(C=Cc3cnc(N4CCCCC4)s3)c2C(=O)O)c(O)c1. The second kappa shape index (κ2) is 12.4. The van der Waals surface area contributed by atoms with E-state index in [1.807, 2.05) is 6.08 Å². The predicted octanol–water partition coefficient (Wildman–Crippen LogP) is 5.19. The number of nitrogens with zero attached hydrogens (tertiary/aromatic N) is 2. The summed E-state index contributed by atoms with van der Waals surface area (Å²) in [5, 5.41) is 20.7. The van der Waals surface area contributed by atoms with Gasteiger partial charge in [-0.2, -0.15) is 8.42 Å². The van der Waals surface area contributed by atoms with Crippen LogP contribution < -0.4 is 9.64 Å². The van der Waals surface area contributed by atoms with Crippen LogP contribution in [-0.4, -0.2) is 55.9 Å². The average molecular weight is 559 g/mol. The van der Waals surface area contributed by atoms with Crippen molar-refractivity contribution in [3.05, 3.63) is 64.2 Å². The smallest absolute Gasteiger partial charge is 0.340 e. The first kappa shape index (κ1) is 27.6. The standard InChI is InChI=1S/C27H30N2O7S2/c1-19-9-12-24(22(30)17-19)38(33,34)36-16-6-15-35-23-8-5-7-20(25(23)26(31)32)10-11-21-18-28-27(37-21)29-13-3-2-4-14-29/h5,7-12,17-18,30H,2-4,6,13-16H2,1H3,(H,31,32). The maximum absolute atomic E-state index is 12.4. The summed E-state index contributed by atoms with van der Waals surface area (Å²) in [5.41, 5.74) is 1.22. The molecule has 2 heterocycles. The molecule has 0 bridgehead atoms. The van der Waals surface area contributed by atoms with Crippen molar-refractivity contribution in [3.8, 4) is 11.5 Å². The lowest BCUT2D eigenvalue weighted by Crippen LogP contribution is -2.29. The van der Waals surface area contributed by atoms with Gasteiger partial charge in [-0.1, -0.05) is 35.6 Å². The van der Waals surface area contributed by atoms with Crippen LogP contribution in [0.3, 0.4) is 0 Å². The molecule has 1 saturated heterocycles. The highest BCUT2D eigenvalue weighted by molar-refractivity contribution is 7.86. The molecule has 1 aromatic heterocycles. The number of rotatable bonds is 11. The third-order valence-electron chi connectivity index (χ3n) is 6.01. The molecule has 1 aliphatic rings. The molecule has 0 saturated carbocycles. The molecule has 0 spiro atoms. The molecule has 1 aliphatic heterocycles. The minimum absolute atomic E-state index is 0.0163. The molecule has 0 atom stereocenters. The molecule has 2 N–H and O–H groups in total. The Morgan fingerprint density at radius 1 is 1.13 bits per heavy atom. The Kier molecular flexibility index (Phi) is 9.03. The number of ether oxygens (including phenoxy) is 1. The second-order valence-electron chi connectivity index (χ2n) is 8.90. The summed E-state index contributed by atoms with van der Waals surface area (Å²) >= 11 is 1.57. The number of aromatic hydroxyl groups is 1. The first-order valence-corrected chi connectivity index (χ1v) is 14.5. The van der Waals surface area contributed by atoms with Gasteiger partial charge in [0, 0.05) is 30.6 Å². The van der Waals surface area contributed by atoms with Gasteiger partial charge >= 0.3 is 16.1 Å². The van der Waals surface area contributed by atoms with Crippen LogP contribution in [0.25, 0.3) is 12.2 Å².